The average molecular weight is 271 g/mol. The Morgan fingerprint density at radius 1 is 1.47 bits per heavy atom. The summed E-state index contributed by atoms with van der Waals surface area (Å²) in [5, 5.41) is 2.88. The number of nitrogens with two attached hydrogens (primary N) is 1. The fourth-order valence-electron chi connectivity index (χ4n) is 2.35. The molecule has 0 aromatic heterocycles. The Bertz CT molecular complexity index is 249. The van der Waals surface area contributed by atoms with E-state index in [1.54, 1.807) is 0 Å². The van der Waals surface area contributed by atoms with Gasteiger partial charge in [0.2, 0.25) is 5.91 Å². The number of hydrogen-bond acceptors (Lipinski definition) is 4. The number of ether oxygens (including phenoxy) is 1. The molecule has 1 aliphatic rings. The standard InChI is InChI=1S/C14H29N3O2/c1-2-3-10-19-11-9-17-8-4-5-13(12-17)14(18)16-7-6-15/h13H,2-12,15H2,1H3,(H,16,18). The van der Waals surface area contributed by atoms with Gasteiger partial charge in [-0.3, -0.25) is 4.79 Å². The molecule has 0 spiro atoms. The number of rotatable bonds is 9. The monoisotopic (exact) mass is 271 g/mol. The van der Waals surface area contributed by atoms with Crippen molar-refractivity contribution >= 4 is 5.91 Å². The quantitative estimate of drug-likeness (QED) is 0.602. The van der Waals surface area contributed by atoms with Crippen LogP contribution in [0.25, 0.3) is 0 Å². The summed E-state index contributed by atoms with van der Waals surface area (Å²) in [7, 11) is 0. The first kappa shape index (κ1) is 16.4. The van der Waals surface area contributed by atoms with Gasteiger partial charge < -0.3 is 20.7 Å². The van der Waals surface area contributed by atoms with E-state index >= 15 is 0 Å². The van der Waals surface area contributed by atoms with E-state index in [0.29, 0.717) is 13.1 Å². The van der Waals surface area contributed by atoms with Crippen LogP contribution in [0.1, 0.15) is 32.6 Å². The SMILES string of the molecule is CCCCOCCN1CCCC(C(=O)NCCN)C1. The maximum absolute atomic E-state index is 11.9. The highest BCUT2D eigenvalue weighted by Gasteiger charge is 2.24. The lowest BCUT2D eigenvalue weighted by Gasteiger charge is -2.31. The Labute approximate surface area is 116 Å². The van der Waals surface area contributed by atoms with Gasteiger partial charge in [-0.1, -0.05) is 13.3 Å². The maximum Gasteiger partial charge on any atom is 0.224 e. The predicted molar refractivity (Wildman–Crippen MR) is 77.0 cm³/mol. The van der Waals surface area contributed by atoms with Crippen LogP contribution in [0.5, 0.6) is 0 Å². The van der Waals surface area contributed by atoms with Crippen LogP contribution in [0, 0.1) is 5.92 Å². The molecule has 0 bridgehead atoms. The van der Waals surface area contributed by atoms with Gasteiger partial charge in [-0.15, -0.1) is 0 Å². The zero-order valence-corrected chi connectivity index (χ0v) is 12.2. The van der Waals surface area contributed by atoms with Crippen molar-refractivity contribution in [2.24, 2.45) is 11.7 Å². The zero-order chi connectivity index (χ0) is 13.9. The molecule has 3 N–H and O–H groups in total. The topological polar surface area (TPSA) is 67.6 Å². The molecule has 5 nitrogen and oxygen atoms in total. The fraction of sp³-hybridized carbons (Fsp3) is 0.929. The van der Waals surface area contributed by atoms with Crippen LogP contribution in [-0.2, 0) is 9.53 Å². The number of hydrogen-bond donors (Lipinski definition) is 2. The molecular formula is C14H29N3O2. The van der Waals surface area contributed by atoms with Crippen LogP contribution in [0.3, 0.4) is 0 Å². The third-order valence-corrected chi connectivity index (χ3v) is 3.51. The van der Waals surface area contributed by atoms with Gasteiger partial charge in [-0.2, -0.15) is 0 Å². The van der Waals surface area contributed by atoms with E-state index in [1.807, 2.05) is 0 Å². The Balaban J connectivity index is 2.16. The van der Waals surface area contributed by atoms with Gasteiger partial charge in [0.05, 0.1) is 12.5 Å². The largest absolute Gasteiger partial charge is 0.380 e. The highest BCUT2D eigenvalue weighted by atomic mass is 16.5. The van der Waals surface area contributed by atoms with Gasteiger partial charge in [0.25, 0.3) is 0 Å². The van der Waals surface area contributed by atoms with Crippen molar-refractivity contribution in [3.8, 4) is 0 Å². The zero-order valence-electron chi connectivity index (χ0n) is 12.2. The summed E-state index contributed by atoms with van der Waals surface area (Å²) in [5.74, 6) is 0.276. The summed E-state index contributed by atoms with van der Waals surface area (Å²) in [6.45, 7) is 7.75. The molecule has 5 heteroatoms. The van der Waals surface area contributed by atoms with E-state index in [4.69, 9.17) is 10.5 Å². The van der Waals surface area contributed by atoms with Crippen LogP contribution < -0.4 is 11.1 Å². The molecule has 112 valence electrons. The van der Waals surface area contributed by atoms with Crippen LogP contribution in [0.15, 0.2) is 0 Å². The normalized spacial score (nSPS) is 20.4. The molecule has 1 atom stereocenters. The molecule has 19 heavy (non-hydrogen) atoms. The minimum Gasteiger partial charge on any atom is -0.380 e. The van der Waals surface area contributed by atoms with Crippen molar-refractivity contribution in [3.63, 3.8) is 0 Å². The number of unbranched alkanes of at least 4 members (excludes halogenated alkanes) is 1. The Kier molecular flexibility index (Phi) is 8.79. The molecule has 1 aliphatic heterocycles. The molecule has 0 aliphatic carbocycles. The van der Waals surface area contributed by atoms with E-state index in [1.165, 1.54) is 6.42 Å². The molecule has 1 heterocycles. The summed E-state index contributed by atoms with van der Waals surface area (Å²) < 4.78 is 5.58. The third-order valence-electron chi connectivity index (χ3n) is 3.51. The predicted octanol–water partition coefficient (Wildman–Crippen LogP) is 0.590. The van der Waals surface area contributed by atoms with Gasteiger partial charge in [-0.25, -0.2) is 0 Å². The highest BCUT2D eigenvalue weighted by molar-refractivity contribution is 5.78. The summed E-state index contributed by atoms with van der Waals surface area (Å²) in [5.41, 5.74) is 5.40. The summed E-state index contributed by atoms with van der Waals surface area (Å²) >= 11 is 0. The lowest BCUT2D eigenvalue weighted by atomic mass is 9.97. The molecule has 1 unspecified atom stereocenters. The van der Waals surface area contributed by atoms with Crippen molar-refractivity contribution in [1.29, 1.82) is 0 Å². The number of likely N-dealkylation sites (tertiary alicyclic amines) is 1. The first-order chi connectivity index (χ1) is 9.27. The maximum atomic E-state index is 11.9. The molecule has 1 fully saturated rings. The number of piperidine rings is 1. The van der Waals surface area contributed by atoms with Gasteiger partial charge in [0.1, 0.15) is 0 Å². The second-order valence-electron chi connectivity index (χ2n) is 5.19. The molecule has 1 saturated heterocycles. The van der Waals surface area contributed by atoms with E-state index in [9.17, 15) is 4.79 Å². The smallest absolute Gasteiger partial charge is 0.224 e. The van der Waals surface area contributed by atoms with Crippen molar-refractivity contribution in [2.75, 3.05) is 45.9 Å². The van der Waals surface area contributed by atoms with Gasteiger partial charge in [0.15, 0.2) is 0 Å². The second-order valence-corrected chi connectivity index (χ2v) is 5.19. The van der Waals surface area contributed by atoms with Crippen molar-refractivity contribution in [1.82, 2.24) is 10.2 Å². The lowest BCUT2D eigenvalue weighted by Crippen LogP contribution is -2.44. The number of amides is 1. The third kappa shape index (κ3) is 6.89. The Morgan fingerprint density at radius 2 is 2.32 bits per heavy atom. The van der Waals surface area contributed by atoms with Gasteiger partial charge in [0, 0.05) is 32.8 Å². The second kappa shape index (κ2) is 10.2. The van der Waals surface area contributed by atoms with E-state index in [0.717, 1.165) is 52.1 Å². The number of nitrogens with zero attached hydrogens (tertiary/aromatic N) is 1. The molecule has 0 aromatic rings. The first-order valence-corrected chi connectivity index (χ1v) is 7.55. The van der Waals surface area contributed by atoms with Crippen molar-refractivity contribution < 1.29 is 9.53 Å². The molecule has 0 radical (unpaired) electrons. The van der Waals surface area contributed by atoms with Gasteiger partial charge in [-0.05, 0) is 25.8 Å². The van der Waals surface area contributed by atoms with Gasteiger partial charge >= 0.3 is 0 Å². The van der Waals surface area contributed by atoms with Crippen LogP contribution >= 0.6 is 0 Å². The minimum atomic E-state index is 0.121. The molecule has 0 aromatic carbocycles. The first-order valence-electron chi connectivity index (χ1n) is 7.55. The lowest BCUT2D eigenvalue weighted by molar-refractivity contribution is -0.126. The van der Waals surface area contributed by atoms with Crippen LogP contribution in [0.4, 0.5) is 0 Å². The minimum absolute atomic E-state index is 0.121. The van der Waals surface area contributed by atoms with E-state index < -0.39 is 0 Å². The van der Waals surface area contributed by atoms with Crippen molar-refractivity contribution in [2.45, 2.75) is 32.6 Å². The molecule has 1 amide bonds. The summed E-state index contributed by atoms with van der Waals surface area (Å²) in [6, 6.07) is 0. The Morgan fingerprint density at radius 3 is 3.05 bits per heavy atom. The summed E-state index contributed by atoms with van der Waals surface area (Å²) in [6.07, 6.45) is 4.39. The average Bonchev–Trinajstić information content (AvgIpc) is 2.45. The highest BCUT2D eigenvalue weighted by Crippen LogP contribution is 2.16. The molecule has 1 rings (SSSR count). The number of carbonyl (C=O) groups is 1. The number of carbonyl (C=O) groups excluding carboxylic acids is 1. The molecular weight excluding hydrogens is 242 g/mol. The van der Waals surface area contributed by atoms with E-state index in [-0.39, 0.29) is 11.8 Å². The van der Waals surface area contributed by atoms with E-state index in [2.05, 4.69) is 17.1 Å². The van der Waals surface area contributed by atoms with Crippen LogP contribution in [0.2, 0.25) is 0 Å². The fourth-order valence-corrected chi connectivity index (χ4v) is 2.35. The number of nitrogens with one attached hydrogen (secondary N) is 1. The summed E-state index contributed by atoms with van der Waals surface area (Å²) in [4.78, 5) is 14.2. The van der Waals surface area contributed by atoms with Crippen LogP contribution in [-0.4, -0.2) is 56.7 Å². The van der Waals surface area contributed by atoms with Crippen molar-refractivity contribution in [3.05, 3.63) is 0 Å². The molecule has 0 saturated carbocycles. The Hall–Kier alpha value is -0.650.